The molecule has 204 valence electrons. The number of imidazole rings is 2. The summed E-state index contributed by atoms with van der Waals surface area (Å²) in [6.45, 7) is 2.44. The van der Waals surface area contributed by atoms with Crippen molar-refractivity contribution in [2.45, 2.75) is 12.8 Å². The molecule has 5 rings (SSSR count). The number of rotatable bonds is 9. The highest BCUT2D eigenvalue weighted by atomic mass is 16.5. The van der Waals surface area contributed by atoms with Crippen LogP contribution in [0.4, 0.5) is 5.69 Å². The molecular formula is C28H28N8O4. The number of amides is 1. The first kappa shape index (κ1) is 26.2. The maximum absolute atomic E-state index is 12.8. The molecule has 0 saturated heterocycles. The van der Waals surface area contributed by atoms with Crippen LogP contribution in [-0.2, 0) is 7.05 Å². The molecule has 0 spiro atoms. The number of nitrogens with zero attached hydrogens (tertiary/aromatic N) is 3. The van der Waals surface area contributed by atoms with E-state index < -0.39 is 5.97 Å². The first-order chi connectivity index (χ1) is 19.2. The van der Waals surface area contributed by atoms with E-state index in [0.29, 0.717) is 17.0 Å². The van der Waals surface area contributed by atoms with Crippen molar-refractivity contribution in [3.05, 3.63) is 83.4 Å². The summed E-state index contributed by atoms with van der Waals surface area (Å²) in [5.41, 5.74) is 9.89. The van der Waals surface area contributed by atoms with Gasteiger partial charge in [0.25, 0.3) is 5.91 Å². The molecule has 3 aromatic carbocycles. The summed E-state index contributed by atoms with van der Waals surface area (Å²) in [5, 5.41) is 22.1. The van der Waals surface area contributed by atoms with E-state index in [1.54, 1.807) is 24.3 Å². The molecule has 12 nitrogen and oxygen atoms in total. The fourth-order valence-corrected chi connectivity index (χ4v) is 4.48. The quantitative estimate of drug-likeness (QED) is 0.0933. The van der Waals surface area contributed by atoms with Crippen molar-refractivity contribution in [3.8, 4) is 5.75 Å². The van der Waals surface area contributed by atoms with E-state index >= 15 is 0 Å². The third-order valence-corrected chi connectivity index (χ3v) is 6.49. The molecule has 2 aromatic heterocycles. The van der Waals surface area contributed by atoms with E-state index in [4.69, 9.17) is 31.0 Å². The lowest BCUT2D eigenvalue weighted by atomic mass is 10.1. The molecule has 0 fully saturated rings. The number of guanidine groups is 1. The van der Waals surface area contributed by atoms with Crippen LogP contribution >= 0.6 is 0 Å². The van der Waals surface area contributed by atoms with Crippen LogP contribution in [0.15, 0.2) is 60.7 Å². The van der Waals surface area contributed by atoms with E-state index in [1.165, 1.54) is 12.1 Å². The van der Waals surface area contributed by atoms with Crippen LogP contribution in [-0.4, -0.2) is 55.6 Å². The summed E-state index contributed by atoms with van der Waals surface area (Å²) < 4.78 is 7.52. The Hall–Kier alpha value is -5.39. The molecule has 0 saturated carbocycles. The molecule has 1 atom stereocenters. The first-order valence-corrected chi connectivity index (χ1v) is 12.5. The number of hydrogen-bond acceptors (Lipinski definition) is 6. The number of aromatic nitrogens is 4. The monoisotopic (exact) mass is 540 g/mol. The smallest absolute Gasteiger partial charge is 0.335 e. The average molecular weight is 541 g/mol. The molecule has 0 aliphatic heterocycles. The minimum Gasteiger partial charge on any atom is -0.492 e. The van der Waals surface area contributed by atoms with Gasteiger partial charge in [-0.05, 0) is 61.5 Å². The maximum atomic E-state index is 12.8. The summed E-state index contributed by atoms with van der Waals surface area (Å²) in [6.07, 6.45) is 0. The number of hydrogen-bond donors (Lipinski definition) is 6. The van der Waals surface area contributed by atoms with Crippen molar-refractivity contribution < 1.29 is 19.4 Å². The predicted molar refractivity (Wildman–Crippen MR) is 151 cm³/mol. The van der Waals surface area contributed by atoms with E-state index in [2.05, 4.69) is 15.6 Å². The zero-order chi connectivity index (χ0) is 28.4. The fourth-order valence-electron chi connectivity index (χ4n) is 4.48. The zero-order valence-electron chi connectivity index (χ0n) is 21.9. The lowest BCUT2D eigenvalue weighted by Crippen LogP contribution is -2.28. The molecule has 0 aliphatic rings. The number of fused-ring (bicyclic) bond motifs is 2. The SMILES string of the molecule is CC(c1nc2cc(NC(=N)N)ccc2[nH]1)c1nc2ccc(C(=O)NCCOc3cccc(C(=O)O)c3)cc2n1C. The lowest BCUT2D eigenvalue weighted by molar-refractivity contribution is 0.0696. The summed E-state index contributed by atoms with van der Waals surface area (Å²) in [7, 11) is 1.90. The molecule has 0 bridgehead atoms. The van der Waals surface area contributed by atoms with Crippen molar-refractivity contribution >= 4 is 45.6 Å². The summed E-state index contributed by atoms with van der Waals surface area (Å²) in [4.78, 5) is 36.8. The molecule has 1 unspecified atom stereocenters. The van der Waals surface area contributed by atoms with E-state index in [9.17, 15) is 9.59 Å². The Labute approximate surface area is 228 Å². The second-order valence-electron chi connectivity index (χ2n) is 9.28. The van der Waals surface area contributed by atoms with Gasteiger partial charge in [0.05, 0.1) is 40.1 Å². The summed E-state index contributed by atoms with van der Waals surface area (Å²) in [6, 6.07) is 17.0. The number of aryl methyl sites for hydroxylation is 1. The third kappa shape index (κ3) is 5.41. The van der Waals surface area contributed by atoms with Crippen LogP contribution in [0.2, 0.25) is 0 Å². The third-order valence-electron chi connectivity index (χ3n) is 6.49. The van der Waals surface area contributed by atoms with E-state index in [-0.39, 0.29) is 36.5 Å². The van der Waals surface area contributed by atoms with Crippen molar-refractivity contribution in [2.24, 2.45) is 12.8 Å². The Morgan fingerprint density at radius 2 is 1.93 bits per heavy atom. The Balaban J connectivity index is 1.27. The van der Waals surface area contributed by atoms with Crippen molar-refractivity contribution in [3.63, 3.8) is 0 Å². The summed E-state index contributed by atoms with van der Waals surface area (Å²) in [5.74, 6) is 0.344. The number of carboxylic acid groups (broad SMARTS) is 1. The molecule has 2 heterocycles. The van der Waals surface area contributed by atoms with Crippen molar-refractivity contribution in [1.82, 2.24) is 24.8 Å². The topological polar surface area (TPSA) is 184 Å². The van der Waals surface area contributed by atoms with Gasteiger partial charge in [-0.15, -0.1) is 0 Å². The van der Waals surface area contributed by atoms with Gasteiger partial charge in [-0.1, -0.05) is 6.07 Å². The Bertz CT molecular complexity index is 1760. The summed E-state index contributed by atoms with van der Waals surface area (Å²) >= 11 is 0. The second-order valence-corrected chi connectivity index (χ2v) is 9.28. The van der Waals surface area contributed by atoms with Crippen LogP contribution in [0.1, 0.15) is 45.2 Å². The number of aromatic amines is 1. The number of carbonyl (C=O) groups is 2. The molecule has 12 heteroatoms. The number of nitrogens with two attached hydrogens (primary N) is 1. The number of anilines is 1. The number of benzene rings is 3. The highest BCUT2D eigenvalue weighted by Crippen LogP contribution is 2.28. The van der Waals surface area contributed by atoms with Crippen molar-refractivity contribution in [2.75, 3.05) is 18.5 Å². The molecule has 40 heavy (non-hydrogen) atoms. The van der Waals surface area contributed by atoms with Gasteiger partial charge in [0, 0.05) is 18.3 Å². The molecule has 5 aromatic rings. The largest absolute Gasteiger partial charge is 0.492 e. The second kappa shape index (κ2) is 10.8. The lowest BCUT2D eigenvalue weighted by Gasteiger charge is -2.09. The van der Waals surface area contributed by atoms with Gasteiger partial charge in [0.15, 0.2) is 5.96 Å². The van der Waals surface area contributed by atoms with Crippen LogP contribution in [0, 0.1) is 5.41 Å². The normalized spacial score (nSPS) is 11.8. The van der Waals surface area contributed by atoms with Gasteiger partial charge >= 0.3 is 5.97 Å². The number of ether oxygens (including phenoxy) is 1. The van der Waals surface area contributed by atoms with E-state index in [0.717, 1.165) is 33.7 Å². The van der Waals surface area contributed by atoms with Gasteiger partial charge in [-0.2, -0.15) is 0 Å². The fraction of sp³-hybridized carbons (Fsp3) is 0.179. The molecular weight excluding hydrogens is 512 g/mol. The minimum absolute atomic E-state index is 0.135. The number of H-pyrrole nitrogens is 1. The van der Waals surface area contributed by atoms with Crippen LogP contribution in [0.5, 0.6) is 5.75 Å². The predicted octanol–water partition coefficient (Wildman–Crippen LogP) is 3.41. The number of aromatic carboxylic acids is 1. The molecule has 0 radical (unpaired) electrons. The van der Waals surface area contributed by atoms with Gasteiger partial charge in [0.2, 0.25) is 0 Å². The Morgan fingerprint density at radius 1 is 1.10 bits per heavy atom. The molecule has 1 amide bonds. The van der Waals surface area contributed by atoms with E-state index in [1.807, 2.05) is 42.8 Å². The maximum Gasteiger partial charge on any atom is 0.335 e. The Morgan fingerprint density at radius 3 is 2.70 bits per heavy atom. The van der Waals surface area contributed by atoms with Gasteiger partial charge in [0.1, 0.15) is 24.0 Å². The number of carboxylic acids is 1. The number of nitrogens with one attached hydrogen (secondary N) is 4. The minimum atomic E-state index is -1.03. The Kier molecular flexibility index (Phi) is 7.06. The average Bonchev–Trinajstić information content (AvgIpc) is 3.51. The van der Waals surface area contributed by atoms with Crippen LogP contribution in [0.25, 0.3) is 22.1 Å². The van der Waals surface area contributed by atoms with Crippen molar-refractivity contribution in [1.29, 1.82) is 5.41 Å². The standard InChI is InChI=1S/C28H28N8O4/c1-15(24-33-20-9-7-18(32-28(29)30)14-22(20)34-24)25-35-21-8-6-16(13-23(21)36(25)2)26(37)31-10-11-40-19-5-3-4-17(12-19)27(38)39/h3-9,12-15H,10-11H2,1-2H3,(H,31,37)(H,33,34)(H,38,39)(H4,29,30,32). The van der Waals surface area contributed by atoms with Gasteiger partial charge in [-0.3, -0.25) is 10.2 Å². The zero-order valence-corrected chi connectivity index (χ0v) is 21.9. The van der Waals surface area contributed by atoms with Gasteiger partial charge in [-0.25, -0.2) is 14.8 Å². The van der Waals surface area contributed by atoms with Gasteiger partial charge < -0.3 is 35.8 Å². The van der Waals surface area contributed by atoms with Crippen LogP contribution < -0.4 is 21.1 Å². The molecule has 0 aliphatic carbocycles. The number of carbonyl (C=O) groups excluding carboxylic acids is 1. The highest BCUT2D eigenvalue weighted by Gasteiger charge is 2.20. The highest BCUT2D eigenvalue weighted by molar-refractivity contribution is 5.97. The van der Waals surface area contributed by atoms with Crippen LogP contribution in [0.3, 0.4) is 0 Å². The first-order valence-electron chi connectivity index (χ1n) is 12.5. The molecule has 7 N–H and O–H groups in total.